The Morgan fingerprint density at radius 3 is 2.80 bits per heavy atom. The Hall–Kier alpha value is -1.92. The highest BCUT2D eigenvalue weighted by atomic mass is 32.2. The van der Waals surface area contributed by atoms with Crippen molar-refractivity contribution in [1.29, 1.82) is 5.41 Å². The summed E-state index contributed by atoms with van der Waals surface area (Å²) in [6, 6.07) is 12.1. The number of nitrogens with zero attached hydrogens (tertiary/aromatic N) is 1. The third-order valence-corrected chi connectivity index (χ3v) is 4.88. The number of nitrogen functional groups attached to an aromatic ring is 1. The molecule has 0 aliphatic heterocycles. The molecular formula is C14H10FN3S2. The predicted molar refractivity (Wildman–Crippen MR) is 81.2 cm³/mol. The summed E-state index contributed by atoms with van der Waals surface area (Å²) >= 11 is 2.96. The Kier molecular flexibility index (Phi) is 3.42. The molecule has 1 heterocycles. The molecule has 0 aliphatic rings. The van der Waals surface area contributed by atoms with E-state index in [1.54, 1.807) is 17.4 Å². The lowest BCUT2D eigenvalue weighted by atomic mass is 10.2. The third kappa shape index (κ3) is 2.52. The molecule has 0 unspecified atom stereocenters. The molecule has 1 aromatic heterocycles. The van der Waals surface area contributed by atoms with Crippen LogP contribution in [0.2, 0.25) is 0 Å². The highest BCUT2D eigenvalue weighted by molar-refractivity contribution is 8.01. The second-order valence-electron chi connectivity index (χ2n) is 4.10. The van der Waals surface area contributed by atoms with Gasteiger partial charge in [-0.15, -0.1) is 11.3 Å². The summed E-state index contributed by atoms with van der Waals surface area (Å²) in [7, 11) is 0. The van der Waals surface area contributed by atoms with Gasteiger partial charge >= 0.3 is 0 Å². The van der Waals surface area contributed by atoms with E-state index in [9.17, 15) is 4.39 Å². The molecule has 0 saturated heterocycles. The zero-order valence-electron chi connectivity index (χ0n) is 10.3. The van der Waals surface area contributed by atoms with Crippen LogP contribution >= 0.6 is 23.1 Å². The van der Waals surface area contributed by atoms with Crippen molar-refractivity contribution >= 4 is 39.2 Å². The Labute approximate surface area is 123 Å². The van der Waals surface area contributed by atoms with Gasteiger partial charge in [0.15, 0.2) is 4.34 Å². The molecule has 3 nitrogen and oxygen atoms in total. The van der Waals surface area contributed by atoms with Crippen molar-refractivity contribution < 1.29 is 4.39 Å². The monoisotopic (exact) mass is 303 g/mol. The van der Waals surface area contributed by atoms with Crippen molar-refractivity contribution in [2.45, 2.75) is 9.24 Å². The van der Waals surface area contributed by atoms with Crippen molar-refractivity contribution in [3.63, 3.8) is 0 Å². The molecule has 0 radical (unpaired) electrons. The van der Waals surface area contributed by atoms with Crippen molar-refractivity contribution in [2.24, 2.45) is 5.73 Å². The number of benzene rings is 2. The summed E-state index contributed by atoms with van der Waals surface area (Å²) in [4.78, 5) is 5.24. The van der Waals surface area contributed by atoms with E-state index in [0.29, 0.717) is 5.56 Å². The quantitative estimate of drug-likeness (QED) is 0.570. The maximum atomic E-state index is 13.2. The fourth-order valence-corrected chi connectivity index (χ4v) is 3.94. The van der Waals surface area contributed by atoms with Gasteiger partial charge in [0, 0.05) is 10.5 Å². The Morgan fingerprint density at radius 1 is 1.25 bits per heavy atom. The molecule has 0 amide bonds. The Morgan fingerprint density at radius 2 is 2.05 bits per heavy atom. The van der Waals surface area contributed by atoms with E-state index in [0.717, 1.165) is 19.5 Å². The topological polar surface area (TPSA) is 62.8 Å². The number of nitrogens with one attached hydrogen (secondary N) is 1. The molecule has 0 saturated carbocycles. The summed E-state index contributed by atoms with van der Waals surface area (Å²) in [6.07, 6.45) is 0. The standard InChI is InChI=1S/C14H10FN3S2/c15-8-5-6-11(9(7-8)13(16)17)19-14-18-10-3-1-2-4-12(10)20-14/h1-7H,(H3,16,17). The van der Waals surface area contributed by atoms with E-state index in [-0.39, 0.29) is 5.84 Å². The number of nitrogens with two attached hydrogens (primary N) is 1. The van der Waals surface area contributed by atoms with Gasteiger partial charge in [0.05, 0.1) is 10.2 Å². The number of rotatable bonds is 3. The molecule has 0 atom stereocenters. The summed E-state index contributed by atoms with van der Waals surface area (Å²) < 4.78 is 15.2. The highest BCUT2D eigenvalue weighted by Gasteiger charge is 2.11. The lowest BCUT2D eigenvalue weighted by molar-refractivity contribution is 0.626. The van der Waals surface area contributed by atoms with Crippen molar-refractivity contribution in [2.75, 3.05) is 0 Å². The lowest BCUT2D eigenvalue weighted by Gasteiger charge is -2.05. The van der Waals surface area contributed by atoms with Crippen LogP contribution in [0.5, 0.6) is 0 Å². The van der Waals surface area contributed by atoms with E-state index < -0.39 is 5.82 Å². The second kappa shape index (κ2) is 5.22. The largest absolute Gasteiger partial charge is 0.384 e. The van der Waals surface area contributed by atoms with Crippen molar-refractivity contribution in [1.82, 2.24) is 4.98 Å². The lowest BCUT2D eigenvalue weighted by Crippen LogP contribution is -2.12. The minimum atomic E-state index is -0.399. The number of para-hydroxylation sites is 1. The molecule has 3 N–H and O–H groups in total. The van der Waals surface area contributed by atoms with Gasteiger partial charge in [-0.05, 0) is 30.3 Å². The molecule has 0 spiro atoms. The van der Waals surface area contributed by atoms with E-state index >= 15 is 0 Å². The molecule has 2 aromatic carbocycles. The minimum Gasteiger partial charge on any atom is -0.384 e. The first-order valence-corrected chi connectivity index (χ1v) is 7.44. The first kappa shape index (κ1) is 13.1. The minimum absolute atomic E-state index is 0.145. The number of halogens is 1. The van der Waals surface area contributed by atoms with Crippen LogP contribution < -0.4 is 5.73 Å². The van der Waals surface area contributed by atoms with Gasteiger partial charge in [-0.25, -0.2) is 9.37 Å². The molecule has 3 aromatic rings. The maximum Gasteiger partial charge on any atom is 0.155 e. The van der Waals surface area contributed by atoms with Crippen LogP contribution in [0, 0.1) is 11.2 Å². The summed E-state index contributed by atoms with van der Waals surface area (Å²) in [6.45, 7) is 0. The summed E-state index contributed by atoms with van der Waals surface area (Å²) in [5.74, 6) is -0.544. The smallest absolute Gasteiger partial charge is 0.155 e. The molecule has 3 rings (SSSR count). The second-order valence-corrected chi connectivity index (χ2v) is 6.42. The van der Waals surface area contributed by atoms with Crippen LogP contribution in [0.25, 0.3) is 10.2 Å². The van der Waals surface area contributed by atoms with Gasteiger partial charge in [-0.3, -0.25) is 5.41 Å². The van der Waals surface area contributed by atoms with E-state index in [1.807, 2.05) is 24.3 Å². The number of hydrogen-bond donors (Lipinski definition) is 2. The van der Waals surface area contributed by atoms with Crippen LogP contribution in [-0.2, 0) is 0 Å². The van der Waals surface area contributed by atoms with Gasteiger partial charge in [-0.2, -0.15) is 0 Å². The molecule has 0 aliphatic carbocycles. The van der Waals surface area contributed by atoms with Crippen LogP contribution in [0.4, 0.5) is 4.39 Å². The summed E-state index contributed by atoms with van der Waals surface area (Å²) in [5, 5.41) is 7.53. The summed E-state index contributed by atoms with van der Waals surface area (Å²) in [5.41, 5.74) is 6.83. The molecule has 6 heteroatoms. The van der Waals surface area contributed by atoms with Crippen LogP contribution in [0.1, 0.15) is 5.56 Å². The predicted octanol–water partition coefficient (Wildman–Crippen LogP) is 3.87. The molecule has 100 valence electrons. The zero-order valence-corrected chi connectivity index (χ0v) is 11.9. The van der Waals surface area contributed by atoms with Crippen molar-refractivity contribution in [3.05, 3.63) is 53.8 Å². The van der Waals surface area contributed by atoms with Gasteiger partial charge in [0.25, 0.3) is 0 Å². The first-order chi connectivity index (χ1) is 9.63. The maximum absolute atomic E-state index is 13.2. The van der Waals surface area contributed by atoms with Gasteiger partial charge in [-0.1, -0.05) is 23.9 Å². The molecule has 0 bridgehead atoms. The number of thiazole rings is 1. The van der Waals surface area contributed by atoms with Gasteiger partial charge in [0.2, 0.25) is 0 Å². The number of amidine groups is 1. The molecular weight excluding hydrogens is 293 g/mol. The molecule has 20 heavy (non-hydrogen) atoms. The highest BCUT2D eigenvalue weighted by Crippen LogP contribution is 2.35. The normalized spacial score (nSPS) is 10.8. The van der Waals surface area contributed by atoms with E-state index in [2.05, 4.69) is 4.98 Å². The number of fused-ring (bicyclic) bond motifs is 1. The van der Waals surface area contributed by atoms with Crippen molar-refractivity contribution in [3.8, 4) is 0 Å². The first-order valence-electron chi connectivity index (χ1n) is 5.81. The van der Waals surface area contributed by atoms with E-state index in [4.69, 9.17) is 11.1 Å². The number of aromatic nitrogens is 1. The van der Waals surface area contributed by atoms with E-state index in [1.165, 1.54) is 23.9 Å². The molecule has 0 fully saturated rings. The fraction of sp³-hybridized carbons (Fsp3) is 0. The van der Waals surface area contributed by atoms with Crippen LogP contribution in [-0.4, -0.2) is 10.8 Å². The Bertz CT molecular complexity index is 765. The van der Waals surface area contributed by atoms with Crippen LogP contribution in [0.3, 0.4) is 0 Å². The fourth-order valence-electron chi connectivity index (χ4n) is 1.79. The van der Waals surface area contributed by atoms with Gasteiger partial charge < -0.3 is 5.73 Å². The van der Waals surface area contributed by atoms with Gasteiger partial charge in [0.1, 0.15) is 11.7 Å². The zero-order chi connectivity index (χ0) is 14.1. The average Bonchev–Trinajstić information content (AvgIpc) is 2.82. The Balaban J connectivity index is 2.00. The number of hydrogen-bond acceptors (Lipinski definition) is 4. The SMILES string of the molecule is N=C(N)c1cc(F)ccc1Sc1nc2ccccc2s1. The van der Waals surface area contributed by atoms with Crippen LogP contribution in [0.15, 0.2) is 51.7 Å². The average molecular weight is 303 g/mol. The third-order valence-electron chi connectivity index (χ3n) is 2.70.